The van der Waals surface area contributed by atoms with E-state index in [9.17, 15) is 9.90 Å². The van der Waals surface area contributed by atoms with Gasteiger partial charge < -0.3 is 14.7 Å². The molecule has 0 spiro atoms. The molecule has 23 heavy (non-hydrogen) atoms. The van der Waals surface area contributed by atoms with Crippen LogP contribution in [0, 0.1) is 0 Å². The fourth-order valence-corrected chi connectivity index (χ4v) is 2.65. The summed E-state index contributed by atoms with van der Waals surface area (Å²) in [5.74, 6) is -0.110. The molecule has 4 nitrogen and oxygen atoms in total. The van der Waals surface area contributed by atoms with E-state index in [0.29, 0.717) is 24.4 Å². The molecule has 0 rings (SSSR count). The molecule has 0 aliphatic carbocycles. The van der Waals surface area contributed by atoms with Crippen LogP contribution >= 0.6 is 0 Å². The lowest BCUT2D eigenvalue weighted by atomic mass is 10.0. The van der Waals surface area contributed by atoms with E-state index in [1.54, 1.807) is 0 Å². The molecule has 0 atom stereocenters. The fourth-order valence-electron chi connectivity index (χ4n) is 2.65. The van der Waals surface area contributed by atoms with Gasteiger partial charge in [-0.1, -0.05) is 59.8 Å². The Hall–Kier alpha value is -1.03. The quantitative estimate of drug-likeness (QED) is 0.265. The maximum absolute atomic E-state index is 11.5. The summed E-state index contributed by atoms with van der Waals surface area (Å²) in [6, 6.07) is 0. The number of allylic oxidation sites excluding steroid dienone is 1. The van der Waals surface area contributed by atoms with Crippen LogP contribution in [0.4, 0.5) is 0 Å². The van der Waals surface area contributed by atoms with Crippen LogP contribution in [0.2, 0.25) is 0 Å². The summed E-state index contributed by atoms with van der Waals surface area (Å²) in [7, 11) is 0. The molecule has 0 fully saturated rings. The molecule has 0 aliphatic rings. The molecule has 4 heteroatoms. The van der Waals surface area contributed by atoms with Crippen LogP contribution in [0.25, 0.3) is 0 Å². The largest absolute Gasteiger partial charge is 0.496 e. The number of unbranched alkanes of at least 4 members (excludes halogenated alkanes) is 4. The van der Waals surface area contributed by atoms with Crippen molar-refractivity contribution < 1.29 is 14.6 Å². The first-order valence-corrected chi connectivity index (χ1v) is 9.40. The van der Waals surface area contributed by atoms with Gasteiger partial charge in [-0.15, -0.1) is 0 Å². The molecule has 0 aromatic carbocycles. The van der Waals surface area contributed by atoms with E-state index in [4.69, 9.17) is 4.74 Å². The van der Waals surface area contributed by atoms with Crippen LogP contribution < -0.4 is 0 Å². The van der Waals surface area contributed by atoms with Crippen LogP contribution in [0.5, 0.6) is 0 Å². The number of carboxylic acid groups (broad SMARTS) is 1. The van der Waals surface area contributed by atoms with Gasteiger partial charge in [-0.2, -0.15) is 0 Å². The van der Waals surface area contributed by atoms with E-state index in [1.165, 1.54) is 19.3 Å². The highest BCUT2D eigenvalue weighted by molar-refractivity contribution is 5.87. The first-order chi connectivity index (χ1) is 11.1. The maximum Gasteiger partial charge on any atom is 0.334 e. The Morgan fingerprint density at radius 2 is 1.57 bits per heavy atom. The van der Waals surface area contributed by atoms with Crippen molar-refractivity contribution in [3.8, 4) is 0 Å². The molecular formula is C19H37NO3. The van der Waals surface area contributed by atoms with Crippen molar-refractivity contribution in [1.29, 1.82) is 0 Å². The van der Waals surface area contributed by atoms with Crippen molar-refractivity contribution in [1.82, 2.24) is 4.90 Å². The highest BCUT2D eigenvalue weighted by Gasteiger charge is 2.15. The van der Waals surface area contributed by atoms with Gasteiger partial charge in [0.15, 0.2) is 0 Å². The van der Waals surface area contributed by atoms with Gasteiger partial charge in [0.1, 0.15) is 12.4 Å². The minimum Gasteiger partial charge on any atom is -0.496 e. The van der Waals surface area contributed by atoms with Crippen molar-refractivity contribution >= 4 is 5.97 Å². The molecule has 0 aliphatic heterocycles. The number of carbonyl (C=O) groups is 1. The van der Waals surface area contributed by atoms with Gasteiger partial charge in [-0.05, 0) is 25.9 Å². The van der Waals surface area contributed by atoms with Crippen molar-refractivity contribution in [3.05, 3.63) is 11.3 Å². The molecule has 0 heterocycles. The first kappa shape index (κ1) is 22.0. The average molecular weight is 328 g/mol. The Balaban J connectivity index is 4.64. The smallest absolute Gasteiger partial charge is 0.334 e. The van der Waals surface area contributed by atoms with Crippen LogP contribution in [0.15, 0.2) is 11.3 Å². The molecule has 0 amide bonds. The minimum atomic E-state index is -0.821. The maximum atomic E-state index is 11.5. The highest BCUT2D eigenvalue weighted by Crippen LogP contribution is 2.20. The minimum absolute atomic E-state index is 0.475. The van der Waals surface area contributed by atoms with Gasteiger partial charge in [0, 0.05) is 13.0 Å². The Kier molecular flexibility index (Phi) is 13.9. The van der Waals surface area contributed by atoms with E-state index in [1.807, 2.05) is 6.92 Å². The lowest BCUT2D eigenvalue weighted by molar-refractivity contribution is -0.133. The van der Waals surface area contributed by atoms with Gasteiger partial charge in [0.25, 0.3) is 0 Å². The monoisotopic (exact) mass is 327 g/mol. The van der Waals surface area contributed by atoms with Crippen molar-refractivity contribution in [2.75, 3.05) is 26.2 Å². The van der Waals surface area contributed by atoms with Crippen molar-refractivity contribution in [3.63, 3.8) is 0 Å². The van der Waals surface area contributed by atoms with E-state index >= 15 is 0 Å². The van der Waals surface area contributed by atoms with E-state index in [2.05, 4.69) is 25.7 Å². The molecule has 1 N–H and O–H groups in total. The molecule has 0 radical (unpaired) electrons. The summed E-state index contributed by atoms with van der Waals surface area (Å²) >= 11 is 0. The highest BCUT2D eigenvalue weighted by atomic mass is 16.5. The van der Waals surface area contributed by atoms with E-state index < -0.39 is 5.97 Å². The summed E-state index contributed by atoms with van der Waals surface area (Å²) in [5, 5.41) is 9.47. The molecule has 0 aromatic heterocycles. The van der Waals surface area contributed by atoms with Crippen LogP contribution in [0.3, 0.4) is 0 Å². The van der Waals surface area contributed by atoms with Gasteiger partial charge in [-0.25, -0.2) is 4.79 Å². The summed E-state index contributed by atoms with van der Waals surface area (Å²) in [6.45, 7) is 11.9. The Labute approximate surface area is 142 Å². The fraction of sp³-hybridized carbons (Fsp3) is 0.842. The third kappa shape index (κ3) is 10.4. The Morgan fingerprint density at radius 3 is 2.09 bits per heavy atom. The Morgan fingerprint density at radius 1 is 0.913 bits per heavy atom. The molecule has 0 aromatic rings. The van der Waals surface area contributed by atoms with Gasteiger partial charge in [0.05, 0.1) is 5.57 Å². The normalized spacial score (nSPS) is 12.4. The summed E-state index contributed by atoms with van der Waals surface area (Å²) in [6.07, 6.45) is 8.03. The molecule has 136 valence electrons. The second-order valence-corrected chi connectivity index (χ2v) is 6.00. The molecular weight excluding hydrogens is 290 g/mol. The van der Waals surface area contributed by atoms with E-state index in [0.717, 1.165) is 45.3 Å². The Bertz CT molecular complexity index is 336. The molecule has 0 saturated carbocycles. The first-order valence-electron chi connectivity index (χ1n) is 9.40. The standard InChI is InChI=1S/C19H37NO3/c1-5-9-10-11-12-14-18(17(13-6-2)19(21)22)23-16-15-20(7-3)8-4/h5-16H2,1-4H3,(H,21,22)/b18-17+. The topological polar surface area (TPSA) is 49.8 Å². The summed E-state index contributed by atoms with van der Waals surface area (Å²) in [4.78, 5) is 13.8. The summed E-state index contributed by atoms with van der Waals surface area (Å²) in [5.41, 5.74) is 0.475. The number of rotatable bonds is 15. The van der Waals surface area contributed by atoms with E-state index in [-0.39, 0.29) is 0 Å². The molecule has 0 bridgehead atoms. The number of likely N-dealkylation sites (N-methyl/N-ethyl adjacent to an activating group) is 1. The van der Waals surface area contributed by atoms with Gasteiger partial charge >= 0.3 is 5.97 Å². The zero-order valence-electron chi connectivity index (χ0n) is 15.7. The van der Waals surface area contributed by atoms with Gasteiger partial charge in [-0.3, -0.25) is 0 Å². The second-order valence-electron chi connectivity index (χ2n) is 6.00. The predicted octanol–water partition coefficient (Wildman–Crippen LogP) is 4.84. The molecule has 0 saturated heterocycles. The lowest BCUT2D eigenvalue weighted by Gasteiger charge is -2.20. The van der Waals surface area contributed by atoms with Gasteiger partial charge in [0.2, 0.25) is 0 Å². The second kappa shape index (κ2) is 14.6. The average Bonchev–Trinajstić information content (AvgIpc) is 2.54. The van der Waals surface area contributed by atoms with Crippen LogP contribution in [-0.2, 0) is 9.53 Å². The zero-order valence-corrected chi connectivity index (χ0v) is 15.7. The predicted molar refractivity (Wildman–Crippen MR) is 96.7 cm³/mol. The number of hydrogen-bond acceptors (Lipinski definition) is 3. The van der Waals surface area contributed by atoms with Crippen molar-refractivity contribution in [2.24, 2.45) is 0 Å². The third-order valence-electron chi connectivity index (χ3n) is 4.18. The zero-order chi connectivity index (χ0) is 17.5. The number of nitrogens with zero attached hydrogens (tertiary/aromatic N) is 1. The number of ether oxygens (including phenoxy) is 1. The number of carboxylic acids is 1. The summed E-state index contributed by atoms with van der Waals surface area (Å²) < 4.78 is 5.92. The lowest BCUT2D eigenvalue weighted by Crippen LogP contribution is -2.27. The number of aliphatic carboxylic acids is 1. The number of hydrogen-bond donors (Lipinski definition) is 1. The van der Waals surface area contributed by atoms with Crippen LogP contribution in [-0.4, -0.2) is 42.2 Å². The molecule has 0 unspecified atom stereocenters. The third-order valence-corrected chi connectivity index (χ3v) is 4.18. The van der Waals surface area contributed by atoms with Crippen LogP contribution in [0.1, 0.15) is 79.1 Å². The SMILES string of the molecule is CCCCCCC/C(OCCN(CC)CC)=C(/CCC)C(=O)O. The van der Waals surface area contributed by atoms with Crippen molar-refractivity contribution in [2.45, 2.75) is 79.1 Å².